The largest absolute Gasteiger partial charge is 0.456 e. The van der Waals surface area contributed by atoms with Gasteiger partial charge in [-0.05, 0) is 83.9 Å². The van der Waals surface area contributed by atoms with Crippen LogP contribution in [0.5, 0.6) is 0 Å². The highest BCUT2D eigenvalue weighted by Gasteiger charge is 2.21. The van der Waals surface area contributed by atoms with Crippen molar-refractivity contribution in [3.05, 3.63) is 212 Å². The maximum atomic E-state index is 6.34. The number of hydrogen-bond donors (Lipinski definition) is 0. The lowest BCUT2D eigenvalue weighted by Gasteiger charge is -2.13. The van der Waals surface area contributed by atoms with Crippen LogP contribution in [0.2, 0.25) is 0 Å². The molecule has 0 radical (unpaired) electrons. The van der Waals surface area contributed by atoms with Gasteiger partial charge in [0, 0.05) is 54.8 Å². The highest BCUT2D eigenvalue weighted by atomic mass is 16.3. The molecular formula is C56H35N5O. The van der Waals surface area contributed by atoms with Crippen molar-refractivity contribution in [1.82, 2.24) is 23.9 Å². The van der Waals surface area contributed by atoms with E-state index in [1.807, 2.05) is 48.5 Å². The van der Waals surface area contributed by atoms with Crippen LogP contribution < -0.4 is 0 Å². The summed E-state index contributed by atoms with van der Waals surface area (Å²) in [6, 6.07) is 75.3. The first-order valence-electron chi connectivity index (χ1n) is 20.9. The van der Waals surface area contributed by atoms with Crippen molar-refractivity contribution < 1.29 is 4.42 Å². The molecule has 4 heterocycles. The van der Waals surface area contributed by atoms with Gasteiger partial charge in [0.25, 0.3) is 0 Å². The van der Waals surface area contributed by atoms with Gasteiger partial charge in [0.05, 0.1) is 27.8 Å². The Morgan fingerprint density at radius 2 is 0.758 bits per heavy atom. The van der Waals surface area contributed by atoms with E-state index in [-0.39, 0.29) is 0 Å². The summed E-state index contributed by atoms with van der Waals surface area (Å²) in [5, 5.41) is 16.4. The maximum absolute atomic E-state index is 6.34. The van der Waals surface area contributed by atoms with Crippen LogP contribution in [0.3, 0.4) is 0 Å². The minimum absolute atomic E-state index is 0.798. The van der Waals surface area contributed by atoms with Crippen molar-refractivity contribution in [2.45, 2.75) is 0 Å². The molecule has 13 rings (SSSR count). The Morgan fingerprint density at radius 1 is 0.274 bits per heavy atom. The monoisotopic (exact) mass is 793 g/mol. The molecule has 13 aromatic rings. The van der Waals surface area contributed by atoms with E-state index in [1.54, 1.807) is 0 Å². The van der Waals surface area contributed by atoms with Crippen LogP contribution in [-0.4, -0.2) is 23.9 Å². The Hall–Kier alpha value is -8.48. The Morgan fingerprint density at radius 3 is 1.39 bits per heavy atom. The van der Waals surface area contributed by atoms with Crippen molar-refractivity contribution in [2.24, 2.45) is 0 Å². The summed E-state index contributed by atoms with van der Waals surface area (Å²) in [6.07, 6.45) is 0. The number of nitrogens with zero attached hydrogens (tertiary/aromatic N) is 5. The maximum Gasteiger partial charge on any atom is 0.168 e. The van der Waals surface area contributed by atoms with Crippen LogP contribution in [0, 0.1) is 0 Å². The molecule has 6 heteroatoms. The number of furan rings is 1. The molecule has 62 heavy (non-hydrogen) atoms. The number of benzene rings is 9. The number of hydrogen-bond acceptors (Lipinski definition) is 3. The van der Waals surface area contributed by atoms with Crippen LogP contribution in [0.15, 0.2) is 217 Å². The van der Waals surface area contributed by atoms with Crippen molar-refractivity contribution in [1.29, 1.82) is 0 Å². The number of fused-ring (bicyclic) bond motifs is 9. The Bertz CT molecular complexity index is 3810. The van der Waals surface area contributed by atoms with Crippen LogP contribution >= 0.6 is 0 Å². The van der Waals surface area contributed by atoms with Gasteiger partial charge in [-0.1, -0.05) is 140 Å². The van der Waals surface area contributed by atoms with Gasteiger partial charge in [-0.2, -0.15) is 0 Å². The Labute approximate surface area is 355 Å². The molecule has 0 unspecified atom stereocenters. The summed E-state index contributed by atoms with van der Waals surface area (Å²) >= 11 is 0. The summed E-state index contributed by atoms with van der Waals surface area (Å²) in [6.45, 7) is 0. The van der Waals surface area contributed by atoms with Crippen LogP contribution in [0.4, 0.5) is 0 Å². The summed E-state index contributed by atoms with van der Waals surface area (Å²) in [5.74, 6) is 1.60. The smallest absolute Gasteiger partial charge is 0.168 e. The third kappa shape index (κ3) is 5.23. The van der Waals surface area contributed by atoms with E-state index >= 15 is 0 Å². The van der Waals surface area contributed by atoms with Gasteiger partial charge >= 0.3 is 0 Å². The van der Waals surface area contributed by atoms with Gasteiger partial charge in [0.1, 0.15) is 11.2 Å². The summed E-state index contributed by atoms with van der Waals surface area (Å²) in [5.41, 5.74) is 13.9. The standard InChI is InChI=1S/C56H35N5O/c1-3-15-36(16-4-1)55-57-58-56(37-17-5-2-6-18-37)61(55)42-29-30-51-46(33-42)43-23-7-10-26-49(43)59(51)40-21-13-19-38(31-40)39-20-14-22-41(32-39)60-50-27-11-8-24-44(50)47-35-54-48(34-52(47)60)45-25-9-12-28-53(45)62-54/h1-35H. The van der Waals surface area contributed by atoms with Gasteiger partial charge in [-0.25, -0.2) is 0 Å². The molecule has 0 amide bonds. The number of aromatic nitrogens is 5. The predicted octanol–water partition coefficient (Wildman–Crippen LogP) is 14.4. The lowest BCUT2D eigenvalue weighted by Crippen LogP contribution is -2.01. The van der Waals surface area contributed by atoms with Crippen molar-refractivity contribution in [3.63, 3.8) is 0 Å². The number of para-hydroxylation sites is 3. The van der Waals surface area contributed by atoms with Crippen LogP contribution in [0.1, 0.15) is 0 Å². The molecule has 0 saturated carbocycles. The SMILES string of the molecule is c1ccc(-c2nnc(-c3ccccc3)n2-c2ccc3c(c2)c2ccccc2n3-c2cccc(-c3cccc(-n4c5ccccc5c5cc6oc7ccccc7c6cc54)c3)c2)cc1. The zero-order chi connectivity index (χ0) is 40.7. The third-order valence-electron chi connectivity index (χ3n) is 12.4. The van der Waals surface area contributed by atoms with E-state index in [1.165, 1.54) is 16.2 Å². The molecule has 0 N–H and O–H groups in total. The minimum Gasteiger partial charge on any atom is -0.456 e. The zero-order valence-electron chi connectivity index (χ0n) is 33.4. The van der Waals surface area contributed by atoms with E-state index < -0.39 is 0 Å². The van der Waals surface area contributed by atoms with Crippen LogP contribution in [0.25, 0.3) is 117 Å². The second-order valence-corrected chi connectivity index (χ2v) is 15.9. The molecule has 0 saturated heterocycles. The van der Waals surface area contributed by atoms with Crippen molar-refractivity contribution in [2.75, 3.05) is 0 Å². The highest BCUT2D eigenvalue weighted by Crippen LogP contribution is 2.40. The molecule has 6 nitrogen and oxygen atoms in total. The molecule has 0 spiro atoms. The molecule has 0 bridgehead atoms. The van der Waals surface area contributed by atoms with Gasteiger partial charge in [-0.3, -0.25) is 4.57 Å². The van der Waals surface area contributed by atoms with Gasteiger partial charge in [0.2, 0.25) is 0 Å². The summed E-state index contributed by atoms with van der Waals surface area (Å²) < 4.78 is 13.3. The second-order valence-electron chi connectivity index (χ2n) is 15.9. The Balaban J connectivity index is 0.954. The first-order valence-corrected chi connectivity index (χ1v) is 20.9. The predicted molar refractivity (Wildman–Crippen MR) is 254 cm³/mol. The summed E-state index contributed by atoms with van der Waals surface area (Å²) in [4.78, 5) is 0. The van der Waals surface area contributed by atoms with Gasteiger partial charge in [-0.15, -0.1) is 10.2 Å². The second kappa shape index (κ2) is 13.5. The lowest BCUT2D eigenvalue weighted by molar-refractivity contribution is 0.669. The van der Waals surface area contributed by atoms with E-state index in [9.17, 15) is 0 Å². The molecule has 9 aromatic carbocycles. The van der Waals surface area contributed by atoms with Gasteiger partial charge < -0.3 is 13.6 Å². The fourth-order valence-corrected chi connectivity index (χ4v) is 9.57. The molecule has 0 atom stereocenters. The first kappa shape index (κ1) is 34.4. The molecule has 0 aliphatic carbocycles. The lowest BCUT2D eigenvalue weighted by atomic mass is 10.0. The molecule has 290 valence electrons. The highest BCUT2D eigenvalue weighted by molar-refractivity contribution is 6.17. The van der Waals surface area contributed by atoms with Crippen molar-refractivity contribution in [3.8, 4) is 51.0 Å². The average molecular weight is 794 g/mol. The molecular weight excluding hydrogens is 759 g/mol. The van der Waals surface area contributed by atoms with E-state index in [2.05, 4.69) is 177 Å². The van der Waals surface area contributed by atoms with Crippen molar-refractivity contribution >= 4 is 65.6 Å². The van der Waals surface area contributed by atoms with E-state index in [4.69, 9.17) is 14.6 Å². The molecule has 4 aromatic heterocycles. The topological polar surface area (TPSA) is 53.7 Å². The fraction of sp³-hybridized carbons (Fsp3) is 0. The zero-order valence-corrected chi connectivity index (χ0v) is 33.4. The molecule has 0 fully saturated rings. The first-order chi connectivity index (χ1) is 30.7. The third-order valence-corrected chi connectivity index (χ3v) is 12.4. The average Bonchev–Trinajstić information content (AvgIpc) is 4.11. The molecule has 0 aliphatic heterocycles. The summed E-state index contributed by atoms with van der Waals surface area (Å²) in [7, 11) is 0. The fourth-order valence-electron chi connectivity index (χ4n) is 9.57. The van der Waals surface area contributed by atoms with E-state index in [0.717, 1.165) is 100 Å². The molecule has 0 aliphatic rings. The quantitative estimate of drug-likeness (QED) is 0.168. The minimum atomic E-state index is 0.798. The number of rotatable bonds is 6. The normalized spacial score (nSPS) is 11.9. The Kier molecular flexibility index (Phi) is 7.50. The van der Waals surface area contributed by atoms with E-state index in [0.29, 0.717) is 0 Å². The van der Waals surface area contributed by atoms with Gasteiger partial charge in [0.15, 0.2) is 11.6 Å². The van der Waals surface area contributed by atoms with Crippen LogP contribution in [-0.2, 0) is 0 Å².